The lowest BCUT2D eigenvalue weighted by atomic mass is 9.86. The molecule has 6 nitrogen and oxygen atoms in total. The van der Waals surface area contributed by atoms with Crippen LogP contribution < -0.4 is 5.32 Å². The van der Waals surface area contributed by atoms with Gasteiger partial charge in [-0.05, 0) is 18.4 Å². The number of urea groups is 1. The molecule has 0 spiro atoms. The number of likely N-dealkylation sites (tertiary alicyclic amines) is 1. The van der Waals surface area contributed by atoms with Crippen LogP contribution in [0.5, 0.6) is 0 Å². The van der Waals surface area contributed by atoms with E-state index in [1.807, 2.05) is 35.2 Å². The van der Waals surface area contributed by atoms with Gasteiger partial charge in [0, 0.05) is 37.4 Å². The van der Waals surface area contributed by atoms with E-state index in [2.05, 4.69) is 17.5 Å². The average Bonchev–Trinajstić information content (AvgIpc) is 3.33. The fourth-order valence-corrected chi connectivity index (χ4v) is 4.38. The van der Waals surface area contributed by atoms with Crippen molar-refractivity contribution in [1.29, 1.82) is 0 Å². The summed E-state index contributed by atoms with van der Waals surface area (Å²) in [6, 6.07) is 9.58. The van der Waals surface area contributed by atoms with Crippen LogP contribution in [-0.2, 0) is 16.0 Å². The van der Waals surface area contributed by atoms with Crippen LogP contribution in [0.25, 0.3) is 0 Å². The predicted octanol–water partition coefficient (Wildman–Crippen LogP) is 2.06. The second kappa shape index (κ2) is 7.11. The number of nitrogens with zero attached hydrogens (tertiary/aromatic N) is 1. The monoisotopic (exact) mass is 356 g/mol. The average molecular weight is 356 g/mol. The quantitative estimate of drug-likeness (QED) is 0.765. The zero-order chi connectivity index (χ0) is 18.1. The van der Waals surface area contributed by atoms with E-state index in [0.717, 1.165) is 5.56 Å². The molecular weight excluding hydrogens is 332 g/mol. The topological polar surface area (TPSA) is 78.9 Å². The molecule has 5 unspecified atom stereocenters. The van der Waals surface area contributed by atoms with Crippen molar-refractivity contribution in [3.63, 3.8) is 0 Å². The molecule has 5 atom stereocenters. The number of carboxylic acid groups (broad SMARTS) is 1. The molecule has 6 heteroatoms. The number of carbonyl (C=O) groups is 2. The molecular formula is C20H24N2O4. The molecule has 3 aliphatic rings. The third-order valence-corrected chi connectivity index (χ3v) is 5.71. The maximum Gasteiger partial charge on any atom is 0.317 e. The van der Waals surface area contributed by atoms with Gasteiger partial charge in [-0.1, -0.05) is 42.5 Å². The number of hydrogen-bond acceptors (Lipinski definition) is 3. The maximum atomic E-state index is 12.8. The first-order valence-electron chi connectivity index (χ1n) is 9.25. The largest absolute Gasteiger partial charge is 0.481 e. The van der Waals surface area contributed by atoms with Crippen LogP contribution in [-0.4, -0.2) is 53.3 Å². The second-order valence-corrected chi connectivity index (χ2v) is 7.45. The number of amides is 2. The molecule has 2 amide bonds. The predicted molar refractivity (Wildman–Crippen MR) is 95.7 cm³/mol. The van der Waals surface area contributed by atoms with Gasteiger partial charge in [-0.3, -0.25) is 4.79 Å². The minimum Gasteiger partial charge on any atom is -0.481 e. The molecule has 1 aromatic carbocycles. The number of benzene rings is 1. The standard InChI is InChI=1S/C20H24N2O4/c23-19(24)9-6-14(10-13-4-2-1-3-5-13)21-20(25)22-11-15-16(12-22)18-8-7-17(15)26-18/h1-5,7-8,14-18H,6,9-12H2,(H,21,25)(H,23,24). The zero-order valence-electron chi connectivity index (χ0n) is 14.6. The van der Waals surface area contributed by atoms with Crippen LogP contribution in [0.3, 0.4) is 0 Å². The van der Waals surface area contributed by atoms with Crippen molar-refractivity contribution in [3.05, 3.63) is 48.0 Å². The van der Waals surface area contributed by atoms with Gasteiger partial charge in [0.15, 0.2) is 0 Å². The molecule has 3 heterocycles. The van der Waals surface area contributed by atoms with Gasteiger partial charge in [0.25, 0.3) is 0 Å². The molecule has 0 radical (unpaired) electrons. The van der Waals surface area contributed by atoms with Crippen LogP contribution >= 0.6 is 0 Å². The number of nitrogens with one attached hydrogen (secondary N) is 1. The number of rotatable bonds is 6. The van der Waals surface area contributed by atoms with Crippen LogP contribution in [0.4, 0.5) is 4.79 Å². The summed E-state index contributed by atoms with van der Waals surface area (Å²) in [6.45, 7) is 1.41. The highest BCUT2D eigenvalue weighted by molar-refractivity contribution is 5.75. The fourth-order valence-electron chi connectivity index (χ4n) is 4.38. The first-order valence-corrected chi connectivity index (χ1v) is 9.25. The lowest BCUT2D eigenvalue weighted by Gasteiger charge is -2.24. The maximum absolute atomic E-state index is 12.8. The van der Waals surface area contributed by atoms with Crippen molar-refractivity contribution in [2.24, 2.45) is 11.8 Å². The number of aliphatic carboxylic acids is 1. The highest BCUT2D eigenvalue weighted by Crippen LogP contribution is 2.43. The fraction of sp³-hybridized carbons (Fsp3) is 0.500. The number of carbonyl (C=O) groups excluding carboxylic acids is 1. The van der Waals surface area contributed by atoms with Crippen molar-refractivity contribution >= 4 is 12.0 Å². The lowest BCUT2D eigenvalue weighted by molar-refractivity contribution is -0.137. The Balaban J connectivity index is 1.37. The molecule has 138 valence electrons. The minimum atomic E-state index is -0.840. The first kappa shape index (κ1) is 17.1. The Kier molecular flexibility index (Phi) is 4.68. The Hall–Kier alpha value is -2.34. The van der Waals surface area contributed by atoms with Gasteiger partial charge in [-0.2, -0.15) is 0 Å². The Morgan fingerprint density at radius 2 is 1.81 bits per heavy atom. The van der Waals surface area contributed by atoms with Crippen molar-refractivity contribution in [1.82, 2.24) is 10.2 Å². The smallest absolute Gasteiger partial charge is 0.317 e. The van der Waals surface area contributed by atoms with Crippen molar-refractivity contribution in [3.8, 4) is 0 Å². The number of hydrogen-bond donors (Lipinski definition) is 2. The Bertz CT molecular complexity index is 685. The summed E-state index contributed by atoms with van der Waals surface area (Å²) in [5.41, 5.74) is 1.09. The van der Waals surface area contributed by atoms with Gasteiger partial charge in [0.1, 0.15) is 0 Å². The SMILES string of the molecule is O=C(O)CCC(Cc1ccccc1)NC(=O)N1CC2C3C=CC(O3)C2C1. The summed E-state index contributed by atoms with van der Waals surface area (Å²) in [5, 5.41) is 12.1. The molecule has 3 aliphatic heterocycles. The van der Waals surface area contributed by atoms with Gasteiger partial charge in [0.05, 0.1) is 12.2 Å². The van der Waals surface area contributed by atoms with E-state index in [1.54, 1.807) is 0 Å². The highest BCUT2D eigenvalue weighted by atomic mass is 16.5. The molecule has 26 heavy (non-hydrogen) atoms. The second-order valence-electron chi connectivity index (χ2n) is 7.45. The Labute approximate surface area is 152 Å². The van der Waals surface area contributed by atoms with E-state index in [1.165, 1.54) is 0 Å². The molecule has 1 aromatic rings. The third kappa shape index (κ3) is 3.46. The number of carboxylic acids is 1. The molecule has 0 aromatic heterocycles. The molecule has 0 saturated carbocycles. The summed E-state index contributed by atoms with van der Waals surface area (Å²) in [6.07, 6.45) is 5.62. The van der Waals surface area contributed by atoms with Crippen molar-refractivity contribution in [2.45, 2.75) is 37.5 Å². The molecule has 0 aliphatic carbocycles. The lowest BCUT2D eigenvalue weighted by Crippen LogP contribution is -2.45. The first-order chi connectivity index (χ1) is 12.6. The van der Waals surface area contributed by atoms with E-state index in [9.17, 15) is 9.59 Å². The van der Waals surface area contributed by atoms with Gasteiger partial charge in [-0.15, -0.1) is 0 Å². The molecule has 2 bridgehead atoms. The van der Waals surface area contributed by atoms with E-state index >= 15 is 0 Å². The summed E-state index contributed by atoms with van der Waals surface area (Å²) in [5.74, 6) is -0.0579. The van der Waals surface area contributed by atoms with Gasteiger partial charge < -0.3 is 20.1 Å². The van der Waals surface area contributed by atoms with Crippen molar-refractivity contribution in [2.75, 3.05) is 13.1 Å². The van der Waals surface area contributed by atoms with E-state index in [-0.39, 0.29) is 30.7 Å². The highest BCUT2D eigenvalue weighted by Gasteiger charge is 2.51. The zero-order valence-corrected chi connectivity index (χ0v) is 14.6. The summed E-state index contributed by atoms with van der Waals surface area (Å²) in [4.78, 5) is 25.6. The van der Waals surface area contributed by atoms with Crippen molar-refractivity contribution < 1.29 is 19.4 Å². The molecule has 2 fully saturated rings. The molecule has 2 saturated heterocycles. The van der Waals surface area contributed by atoms with E-state index in [0.29, 0.717) is 37.8 Å². The third-order valence-electron chi connectivity index (χ3n) is 5.71. The van der Waals surface area contributed by atoms with Crippen LogP contribution in [0.1, 0.15) is 18.4 Å². The summed E-state index contributed by atoms with van der Waals surface area (Å²) in [7, 11) is 0. The molecule has 4 rings (SSSR count). The number of fused-ring (bicyclic) bond motifs is 5. The van der Waals surface area contributed by atoms with E-state index in [4.69, 9.17) is 9.84 Å². The Morgan fingerprint density at radius 3 is 2.42 bits per heavy atom. The van der Waals surface area contributed by atoms with Crippen LogP contribution in [0.15, 0.2) is 42.5 Å². The summed E-state index contributed by atoms with van der Waals surface area (Å²) >= 11 is 0. The van der Waals surface area contributed by atoms with Crippen LogP contribution in [0.2, 0.25) is 0 Å². The number of ether oxygens (including phenoxy) is 1. The normalized spacial score (nSPS) is 29.6. The van der Waals surface area contributed by atoms with Gasteiger partial charge in [0.2, 0.25) is 0 Å². The minimum absolute atomic E-state index is 0.0466. The van der Waals surface area contributed by atoms with E-state index < -0.39 is 5.97 Å². The van der Waals surface area contributed by atoms with Gasteiger partial charge >= 0.3 is 12.0 Å². The molecule has 2 N–H and O–H groups in total. The Morgan fingerprint density at radius 1 is 1.15 bits per heavy atom. The van der Waals surface area contributed by atoms with Gasteiger partial charge in [-0.25, -0.2) is 4.79 Å². The van der Waals surface area contributed by atoms with Crippen LogP contribution in [0, 0.1) is 11.8 Å². The summed E-state index contributed by atoms with van der Waals surface area (Å²) < 4.78 is 5.86.